The number of benzene rings is 1. The molecule has 0 spiro atoms. The van der Waals surface area contributed by atoms with Gasteiger partial charge < -0.3 is 10.0 Å². The number of hydrogen-bond donors (Lipinski definition) is 1. The summed E-state index contributed by atoms with van der Waals surface area (Å²) in [5.41, 5.74) is 0.776. The van der Waals surface area contributed by atoms with E-state index in [9.17, 15) is 9.90 Å². The van der Waals surface area contributed by atoms with Gasteiger partial charge in [-0.2, -0.15) is 5.26 Å². The van der Waals surface area contributed by atoms with Gasteiger partial charge in [-0.25, -0.2) is 0 Å². The molecule has 1 fully saturated rings. The van der Waals surface area contributed by atoms with Crippen molar-refractivity contribution in [3.8, 4) is 11.8 Å². The minimum absolute atomic E-state index is 0.0420. The minimum atomic E-state index is -0.278. The van der Waals surface area contributed by atoms with E-state index < -0.39 is 0 Å². The number of nitrogens with zero attached hydrogens (tertiary/aromatic N) is 2. The Morgan fingerprint density at radius 1 is 1.59 bits per heavy atom. The molecule has 0 bridgehead atoms. The Bertz CT molecular complexity index is 465. The molecular weight excluding hydrogens is 216 g/mol. The topological polar surface area (TPSA) is 64.3 Å². The van der Waals surface area contributed by atoms with E-state index in [1.165, 1.54) is 0 Å². The van der Waals surface area contributed by atoms with Crippen LogP contribution in [0.2, 0.25) is 0 Å². The van der Waals surface area contributed by atoms with Crippen LogP contribution in [-0.4, -0.2) is 28.5 Å². The summed E-state index contributed by atoms with van der Waals surface area (Å²) in [6, 6.07) is 8.53. The van der Waals surface area contributed by atoms with Crippen LogP contribution in [0.3, 0.4) is 0 Å². The summed E-state index contributed by atoms with van der Waals surface area (Å²) in [6.45, 7) is 0.663. The third-order valence-corrected chi connectivity index (χ3v) is 2.99. The van der Waals surface area contributed by atoms with Gasteiger partial charge in [-0.1, -0.05) is 12.1 Å². The Hall–Kier alpha value is -2.02. The van der Waals surface area contributed by atoms with Crippen molar-refractivity contribution in [1.29, 1.82) is 5.26 Å². The fourth-order valence-electron chi connectivity index (χ4n) is 2.14. The highest BCUT2D eigenvalue weighted by Gasteiger charge is 2.28. The Morgan fingerprint density at radius 2 is 2.41 bits per heavy atom. The molecule has 0 saturated carbocycles. The number of rotatable bonds is 2. The van der Waals surface area contributed by atoms with Crippen LogP contribution < -0.4 is 0 Å². The third kappa shape index (κ3) is 2.56. The van der Waals surface area contributed by atoms with E-state index in [0.29, 0.717) is 6.54 Å². The molecule has 1 aliphatic rings. The highest BCUT2D eigenvalue weighted by molar-refractivity contribution is 5.79. The molecule has 17 heavy (non-hydrogen) atoms. The Kier molecular flexibility index (Phi) is 3.29. The van der Waals surface area contributed by atoms with E-state index in [1.807, 2.05) is 0 Å². The maximum absolute atomic E-state index is 12.0. The van der Waals surface area contributed by atoms with Crippen LogP contribution in [0.15, 0.2) is 24.3 Å². The molecule has 4 nitrogen and oxygen atoms in total. The molecule has 88 valence electrons. The highest BCUT2D eigenvalue weighted by Crippen LogP contribution is 2.19. The van der Waals surface area contributed by atoms with E-state index in [4.69, 9.17) is 5.26 Å². The zero-order chi connectivity index (χ0) is 12.3. The summed E-state index contributed by atoms with van der Waals surface area (Å²) in [5, 5.41) is 18.2. The predicted molar refractivity (Wildman–Crippen MR) is 62.2 cm³/mol. The monoisotopic (exact) mass is 230 g/mol. The molecule has 0 radical (unpaired) electrons. The largest absolute Gasteiger partial charge is 0.508 e. The molecule has 2 rings (SSSR count). The van der Waals surface area contributed by atoms with Crippen molar-refractivity contribution >= 4 is 5.91 Å². The summed E-state index contributed by atoms with van der Waals surface area (Å²) in [6.07, 6.45) is 1.90. The van der Waals surface area contributed by atoms with E-state index in [1.54, 1.807) is 29.2 Å². The Balaban J connectivity index is 2.04. The molecule has 1 N–H and O–H groups in total. The van der Waals surface area contributed by atoms with Gasteiger partial charge in [0.2, 0.25) is 5.91 Å². The molecule has 1 aromatic carbocycles. The second-order valence-electron chi connectivity index (χ2n) is 4.22. The third-order valence-electron chi connectivity index (χ3n) is 2.99. The highest BCUT2D eigenvalue weighted by atomic mass is 16.3. The number of amides is 1. The predicted octanol–water partition coefficient (Wildman–Crippen LogP) is 1.45. The lowest BCUT2D eigenvalue weighted by Crippen LogP contribution is -2.35. The average molecular weight is 230 g/mol. The van der Waals surface area contributed by atoms with Crippen LogP contribution >= 0.6 is 0 Å². The number of likely N-dealkylation sites (tertiary alicyclic amines) is 1. The first-order valence-corrected chi connectivity index (χ1v) is 5.67. The molecule has 1 heterocycles. The second-order valence-corrected chi connectivity index (χ2v) is 4.22. The van der Waals surface area contributed by atoms with Gasteiger partial charge in [0.1, 0.15) is 11.8 Å². The lowest BCUT2D eigenvalue weighted by atomic mass is 10.1. The first-order valence-electron chi connectivity index (χ1n) is 5.67. The normalized spacial score (nSPS) is 19.0. The molecule has 1 atom stereocenters. The number of aromatic hydroxyl groups is 1. The van der Waals surface area contributed by atoms with Gasteiger partial charge in [-0.3, -0.25) is 4.79 Å². The van der Waals surface area contributed by atoms with Crippen LogP contribution in [0.25, 0.3) is 0 Å². The molecular formula is C13H14N2O2. The van der Waals surface area contributed by atoms with Gasteiger partial charge in [-0.15, -0.1) is 0 Å². The minimum Gasteiger partial charge on any atom is -0.508 e. The van der Waals surface area contributed by atoms with E-state index >= 15 is 0 Å². The molecule has 1 aromatic rings. The molecule has 1 aliphatic heterocycles. The zero-order valence-electron chi connectivity index (χ0n) is 9.47. The maximum atomic E-state index is 12.0. The molecule has 1 unspecified atom stereocenters. The summed E-state index contributed by atoms with van der Waals surface area (Å²) >= 11 is 0. The summed E-state index contributed by atoms with van der Waals surface area (Å²) in [7, 11) is 0. The summed E-state index contributed by atoms with van der Waals surface area (Å²) in [4.78, 5) is 13.6. The molecule has 1 amide bonds. The van der Waals surface area contributed by atoms with Gasteiger partial charge in [0.15, 0.2) is 0 Å². The van der Waals surface area contributed by atoms with Crippen LogP contribution in [0.5, 0.6) is 5.75 Å². The van der Waals surface area contributed by atoms with Gasteiger partial charge in [-0.05, 0) is 30.5 Å². The van der Waals surface area contributed by atoms with Crippen molar-refractivity contribution in [2.75, 3.05) is 6.54 Å². The summed E-state index contributed by atoms with van der Waals surface area (Å²) in [5.74, 6) is 0.119. The Morgan fingerprint density at radius 3 is 3.12 bits per heavy atom. The average Bonchev–Trinajstić information content (AvgIpc) is 2.77. The van der Waals surface area contributed by atoms with Crippen LogP contribution in [0.1, 0.15) is 18.4 Å². The fourth-order valence-corrected chi connectivity index (χ4v) is 2.14. The molecule has 0 aromatic heterocycles. The second kappa shape index (κ2) is 4.88. The number of phenols is 1. The number of hydrogen-bond acceptors (Lipinski definition) is 3. The first-order chi connectivity index (χ1) is 8.20. The molecule has 4 heteroatoms. The van der Waals surface area contributed by atoms with Crippen LogP contribution in [-0.2, 0) is 11.2 Å². The molecule has 1 saturated heterocycles. The number of nitriles is 1. The van der Waals surface area contributed by atoms with Crippen molar-refractivity contribution in [2.45, 2.75) is 25.3 Å². The van der Waals surface area contributed by atoms with Crippen LogP contribution in [0, 0.1) is 11.3 Å². The van der Waals surface area contributed by atoms with Gasteiger partial charge >= 0.3 is 0 Å². The lowest BCUT2D eigenvalue weighted by Gasteiger charge is -2.19. The zero-order valence-corrected chi connectivity index (χ0v) is 9.47. The Labute approximate surface area is 100 Å². The smallest absolute Gasteiger partial charge is 0.228 e. The van der Waals surface area contributed by atoms with Crippen molar-refractivity contribution in [3.05, 3.63) is 29.8 Å². The van der Waals surface area contributed by atoms with Gasteiger partial charge in [0.25, 0.3) is 0 Å². The molecule has 0 aliphatic carbocycles. The quantitative estimate of drug-likeness (QED) is 0.836. The SMILES string of the molecule is N#CC1CCCN1C(=O)Cc1cccc(O)c1. The lowest BCUT2D eigenvalue weighted by molar-refractivity contribution is -0.130. The van der Waals surface area contributed by atoms with Crippen LogP contribution in [0.4, 0.5) is 0 Å². The standard InChI is InChI=1S/C13H14N2O2/c14-9-11-4-2-6-15(11)13(17)8-10-3-1-5-12(16)7-10/h1,3,5,7,11,16H,2,4,6,8H2. The van der Waals surface area contributed by atoms with Crippen molar-refractivity contribution < 1.29 is 9.90 Å². The van der Waals surface area contributed by atoms with E-state index in [-0.39, 0.29) is 24.1 Å². The first kappa shape index (κ1) is 11.5. The van der Waals surface area contributed by atoms with E-state index in [2.05, 4.69) is 6.07 Å². The van der Waals surface area contributed by atoms with Crippen molar-refractivity contribution in [3.63, 3.8) is 0 Å². The van der Waals surface area contributed by atoms with E-state index in [0.717, 1.165) is 18.4 Å². The van der Waals surface area contributed by atoms with Gasteiger partial charge in [0, 0.05) is 6.54 Å². The van der Waals surface area contributed by atoms with Crippen molar-refractivity contribution in [1.82, 2.24) is 4.90 Å². The number of carbonyl (C=O) groups excluding carboxylic acids is 1. The van der Waals surface area contributed by atoms with Crippen molar-refractivity contribution in [2.24, 2.45) is 0 Å². The maximum Gasteiger partial charge on any atom is 0.228 e. The summed E-state index contributed by atoms with van der Waals surface area (Å²) < 4.78 is 0. The van der Waals surface area contributed by atoms with Gasteiger partial charge in [0.05, 0.1) is 12.5 Å². The number of phenolic OH excluding ortho intramolecular Hbond substituents is 1. The fraction of sp³-hybridized carbons (Fsp3) is 0.385. The number of carbonyl (C=O) groups is 1.